The summed E-state index contributed by atoms with van der Waals surface area (Å²) < 4.78 is 0. The third-order valence-corrected chi connectivity index (χ3v) is 4.49. The molecule has 1 amide bonds. The smallest absolute Gasteiger partial charge is 0.230 e. The van der Waals surface area contributed by atoms with Gasteiger partial charge in [0.15, 0.2) is 0 Å². The summed E-state index contributed by atoms with van der Waals surface area (Å²) >= 11 is 1.61. The largest absolute Gasteiger partial charge is 0.391 e. The summed E-state index contributed by atoms with van der Waals surface area (Å²) in [5.41, 5.74) is 2.49. The van der Waals surface area contributed by atoms with E-state index in [-0.39, 0.29) is 30.3 Å². The molecule has 1 aromatic carbocycles. The Kier molecular flexibility index (Phi) is 8.11. The topological polar surface area (TPSA) is 61.4 Å². The molecule has 1 fully saturated rings. The van der Waals surface area contributed by atoms with Crippen LogP contribution in [0.5, 0.6) is 0 Å². The zero-order chi connectivity index (χ0) is 14.4. The SMILES string of the molecule is Cc1ccc(CSCC(=O)NCC2CNCC2O)cc1.Cl. The van der Waals surface area contributed by atoms with Crippen molar-refractivity contribution in [3.05, 3.63) is 35.4 Å². The van der Waals surface area contributed by atoms with E-state index >= 15 is 0 Å². The number of amides is 1. The molecule has 1 saturated heterocycles. The van der Waals surface area contributed by atoms with Gasteiger partial charge in [-0.05, 0) is 12.5 Å². The average molecular weight is 331 g/mol. The Balaban J connectivity index is 0.00000220. The van der Waals surface area contributed by atoms with Gasteiger partial charge < -0.3 is 15.7 Å². The number of carbonyl (C=O) groups excluding carboxylic acids is 1. The van der Waals surface area contributed by atoms with Crippen LogP contribution in [0.4, 0.5) is 0 Å². The zero-order valence-corrected chi connectivity index (χ0v) is 13.8. The van der Waals surface area contributed by atoms with E-state index in [1.165, 1.54) is 11.1 Å². The highest BCUT2D eigenvalue weighted by atomic mass is 35.5. The fraction of sp³-hybridized carbons (Fsp3) is 0.533. The predicted octanol–water partition coefficient (Wildman–Crippen LogP) is 1.35. The van der Waals surface area contributed by atoms with E-state index in [4.69, 9.17) is 0 Å². The highest BCUT2D eigenvalue weighted by Gasteiger charge is 2.24. The molecule has 2 atom stereocenters. The zero-order valence-electron chi connectivity index (χ0n) is 12.2. The first-order valence-electron chi connectivity index (χ1n) is 6.94. The molecular formula is C15H23ClN2O2S. The van der Waals surface area contributed by atoms with Crippen molar-refractivity contribution < 1.29 is 9.90 Å². The summed E-state index contributed by atoms with van der Waals surface area (Å²) in [6, 6.07) is 8.37. The van der Waals surface area contributed by atoms with Crippen LogP contribution in [0.25, 0.3) is 0 Å². The summed E-state index contributed by atoms with van der Waals surface area (Å²) in [4.78, 5) is 11.7. The molecule has 0 saturated carbocycles. The van der Waals surface area contributed by atoms with Crippen molar-refractivity contribution in [3.8, 4) is 0 Å². The number of rotatable bonds is 6. The van der Waals surface area contributed by atoms with Gasteiger partial charge >= 0.3 is 0 Å². The van der Waals surface area contributed by atoms with Crippen LogP contribution in [0.1, 0.15) is 11.1 Å². The van der Waals surface area contributed by atoms with Crippen molar-refractivity contribution in [1.82, 2.24) is 10.6 Å². The highest BCUT2D eigenvalue weighted by molar-refractivity contribution is 7.99. The van der Waals surface area contributed by atoms with Crippen molar-refractivity contribution in [1.29, 1.82) is 0 Å². The first-order chi connectivity index (χ1) is 9.65. The molecule has 0 spiro atoms. The van der Waals surface area contributed by atoms with Crippen molar-refractivity contribution in [2.24, 2.45) is 5.92 Å². The van der Waals surface area contributed by atoms with Crippen LogP contribution in [-0.2, 0) is 10.5 Å². The van der Waals surface area contributed by atoms with E-state index in [0.29, 0.717) is 18.8 Å². The lowest BCUT2D eigenvalue weighted by atomic mass is 10.1. The third-order valence-electron chi connectivity index (χ3n) is 3.49. The Labute approximate surface area is 136 Å². The highest BCUT2D eigenvalue weighted by Crippen LogP contribution is 2.13. The van der Waals surface area contributed by atoms with Gasteiger partial charge in [-0.2, -0.15) is 0 Å². The molecule has 1 aliphatic rings. The predicted molar refractivity (Wildman–Crippen MR) is 90.0 cm³/mol. The maximum absolute atomic E-state index is 11.7. The second-order valence-electron chi connectivity index (χ2n) is 5.27. The van der Waals surface area contributed by atoms with E-state index < -0.39 is 0 Å². The fourth-order valence-electron chi connectivity index (χ4n) is 2.17. The quantitative estimate of drug-likeness (QED) is 0.737. The monoisotopic (exact) mass is 330 g/mol. The van der Waals surface area contributed by atoms with Gasteiger partial charge in [0.05, 0.1) is 11.9 Å². The molecule has 118 valence electrons. The Bertz CT molecular complexity index is 442. The molecule has 0 aromatic heterocycles. The number of hydrogen-bond acceptors (Lipinski definition) is 4. The maximum atomic E-state index is 11.7. The number of carbonyl (C=O) groups is 1. The Morgan fingerprint density at radius 2 is 2.10 bits per heavy atom. The van der Waals surface area contributed by atoms with Gasteiger partial charge in [-0.3, -0.25) is 4.79 Å². The summed E-state index contributed by atoms with van der Waals surface area (Å²) in [7, 11) is 0. The number of aliphatic hydroxyl groups excluding tert-OH is 1. The normalized spacial score (nSPS) is 20.9. The van der Waals surface area contributed by atoms with Crippen LogP contribution < -0.4 is 10.6 Å². The van der Waals surface area contributed by atoms with Gasteiger partial charge in [0.1, 0.15) is 0 Å². The van der Waals surface area contributed by atoms with Crippen molar-refractivity contribution >= 4 is 30.1 Å². The lowest BCUT2D eigenvalue weighted by Crippen LogP contribution is -2.35. The summed E-state index contributed by atoms with van der Waals surface area (Å²) in [6.07, 6.45) is -0.337. The third kappa shape index (κ3) is 6.26. The Hall–Kier alpha value is -0.750. The minimum absolute atomic E-state index is 0. The molecule has 3 N–H and O–H groups in total. The standard InChI is InChI=1S/C15H22N2O2S.ClH/c1-11-2-4-12(5-3-11)9-20-10-15(19)17-7-13-6-16-8-14(13)18;/h2-5,13-14,16,18H,6-10H2,1H3,(H,17,19);1H. The summed E-state index contributed by atoms with van der Waals surface area (Å²) in [5.74, 6) is 1.49. The van der Waals surface area contributed by atoms with Crippen LogP contribution in [-0.4, -0.2) is 42.5 Å². The van der Waals surface area contributed by atoms with Crippen LogP contribution >= 0.6 is 24.2 Å². The number of nitrogens with one attached hydrogen (secondary N) is 2. The summed E-state index contributed by atoms with van der Waals surface area (Å²) in [5, 5.41) is 15.6. The average Bonchev–Trinajstić information content (AvgIpc) is 2.84. The van der Waals surface area contributed by atoms with E-state index in [2.05, 4.69) is 41.8 Å². The van der Waals surface area contributed by atoms with Crippen molar-refractivity contribution in [3.63, 3.8) is 0 Å². The summed E-state index contributed by atoms with van der Waals surface area (Å²) in [6.45, 7) is 4.02. The number of thioether (sulfide) groups is 1. The Morgan fingerprint density at radius 3 is 2.71 bits per heavy atom. The number of aliphatic hydroxyl groups is 1. The molecule has 1 aromatic rings. The van der Waals surface area contributed by atoms with E-state index in [9.17, 15) is 9.90 Å². The van der Waals surface area contributed by atoms with Crippen LogP contribution in [0.2, 0.25) is 0 Å². The fourth-order valence-corrected chi connectivity index (χ4v) is 2.99. The second-order valence-corrected chi connectivity index (χ2v) is 6.25. The lowest BCUT2D eigenvalue weighted by Gasteiger charge is -2.13. The minimum Gasteiger partial charge on any atom is -0.391 e. The molecule has 0 bridgehead atoms. The number of hydrogen-bond donors (Lipinski definition) is 3. The van der Waals surface area contributed by atoms with Crippen LogP contribution in [0.3, 0.4) is 0 Å². The Morgan fingerprint density at radius 1 is 1.38 bits per heavy atom. The molecule has 4 nitrogen and oxygen atoms in total. The second kappa shape index (κ2) is 9.30. The van der Waals surface area contributed by atoms with Gasteiger partial charge in [0.2, 0.25) is 5.91 Å². The first kappa shape index (κ1) is 18.3. The van der Waals surface area contributed by atoms with E-state index in [0.717, 1.165) is 12.3 Å². The van der Waals surface area contributed by atoms with Gasteiger partial charge in [0, 0.05) is 31.3 Å². The number of aryl methyl sites for hydroxylation is 1. The molecule has 0 aliphatic carbocycles. The van der Waals surface area contributed by atoms with Crippen LogP contribution in [0.15, 0.2) is 24.3 Å². The molecule has 2 rings (SSSR count). The molecule has 1 heterocycles. The van der Waals surface area contributed by atoms with Crippen molar-refractivity contribution in [2.45, 2.75) is 18.8 Å². The molecule has 6 heteroatoms. The molecule has 0 radical (unpaired) electrons. The molecule has 2 unspecified atom stereocenters. The molecule has 21 heavy (non-hydrogen) atoms. The minimum atomic E-state index is -0.337. The maximum Gasteiger partial charge on any atom is 0.230 e. The number of benzene rings is 1. The van der Waals surface area contributed by atoms with Crippen LogP contribution in [0, 0.1) is 12.8 Å². The van der Waals surface area contributed by atoms with E-state index in [1.807, 2.05) is 0 Å². The first-order valence-corrected chi connectivity index (χ1v) is 8.09. The van der Waals surface area contributed by atoms with Crippen molar-refractivity contribution in [2.75, 3.05) is 25.4 Å². The number of β-amino-alcohol motifs (C(OH)–C–C–N with tert-alkyl or cyclic N) is 1. The molecule has 1 aliphatic heterocycles. The van der Waals surface area contributed by atoms with Gasteiger partial charge in [-0.25, -0.2) is 0 Å². The van der Waals surface area contributed by atoms with Gasteiger partial charge in [-0.15, -0.1) is 24.2 Å². The lowest BCUT2D eigenvalue weighted by molar-refractivity contribution is -0.118. The molecular weight excluding hydrogens is 308 g/mol. The van der Waals surface area contributed by atoms with Gasteiger partial charge in [-0.1, -0.05) is 29.8 Å². The van der Waals surface area contributed by atoms with Gasteiger partial charge in [0.25, 0.3) is 0 Å². The van der Waals surface area contributed by atoms with E-state index in [1.54, 1.807) is 11.8 Å². The number of halogens is 1.